The van der Waals surface area contributed by atoms with Crippen molar-refractivity contribution in [3.8, 4) is 0 Å². The summed E-state index contributed by atoms with van der Waals surface area (Å²) >= 11 is 3.30. The molecule has 0 fully saturated rings. The maximum Gasteiger partial charge on any atom is 0.338 e. The zero-order chi connectivity index (χ0) is 24.1. The Balaban J connectivity index is 1.29. The van der Waals surface area contributed by atoms with Gasteiger partial charge in [0, 0.05) is 17.0 Å². The molecule has 1 atom stereocenters. The molecule has 3 N–H and O–H groups in total. The zero-order valence-electron chi connectivity index (χ0n) is 18.2. The van der Waals surface area contributed by atoms with E-state index in [0.717, 1.165) is 25.9 Å². The lowest BCUT2D eigenvalue weighted by atomic mass is 10.1. The van der Waals surface area contributed by atoms with Crippen molar-refractivity contribution in [1.29, 1.82) is 0 Å². The van der Waals surface area contributed by atoms with Crippen LogP contribution in [0.25, 0.3) is 10.2 Å². The molecule has 1 aromatic heterocycles. The van der Waals surface area contributed by atoms with E-state index in [-0.39, 0.29) is 0 Å². The number of ether oxygens (including phenoxy) is 1. The van der Waals surface area contributed by atoms with Crippen molar-refractivity contribution in [3.05, 3.63) is 89.5 Å². The number of para-hydroxylation sites is 1. The van der Waals surface area contributed by atoms with Crippen LogP contribution in [0.2, 0.25) is 0 Å². The molecule has 3 aromatic carbocycles. The quantitative estimate of drug-likeness (QED) is 0.269. The predicted molar refractivity (Wildman–Crippen MR) is 134 cm³/mol. The Morgan fingerprint density at radius 3 is 2.35 bits per heavy atom. The molecule has 9 heteroatoms. The third kappa shape index (κ3) is 5.81. The highest BCUT2D eigenvalue weighted by atomic mass is 32.2. The van der Waals surface area contributed by atoms with E-state index in [4.69, 9.17) is 10.5 Å². The molecule has 34 heavy (non-hydrogen) atoms. The average Bonchev–Trinajstić information content (AvgIpc) is 3.26. The second-order valence-electron chi connectivity index (χ2n) is 7.41. The second kappa shape index (κ2) is 10.5. The Labute approximate surface area is 204 Å². The first-order valence-corrected chi connectivity index (χ1v) is 12.2. The Morgan fingerprint density at radius 2 is 1.68 bits per heavy atom. The van der Waals surface area contributed by atoms with Gasteiger partial charge in [-0.2, -0.15) is 0 Å². The SMILES string of the molecule is CC(OC(=O)c1ccc(CSc2nc3ccccc3s2)cc1)C(=O)Nc1ccc(C(N)=O)cc1. The number of hydrogen-bond donors (Lipinski definition) is 2. The molecule has 0 spiro atoms. The van der Waals surface area contributed by atoms with Gasteiger partial charge in [-0.1, -0.05) is 36.0 Å². The van der Waals surface area contributed by atoms with Crippen LogP contribution < -0.4 is 11.1 Å². The number of amides is 2. The molecule has 0 aliphatic carbocycles. The van der Waals surface area contributed by atoms with Gasteiger partial charge in [0.1, 0.15) is 0 Å². The van der Waals surface area contributed by atoms with Crippen molar-refractivity contribution in [2.75, 3.05) is 5.32 Å². The minimum Gasteiger partial charge on any atom is -0.449 e. The highest BCUT2D eigenvalue weighted by molar-refractivity contribution is 8.00. The van der Waals surface area contributed by atoms with Crippen molar-refractivity contribution < 1.29 is 19.1 Å². The molecule has 4 rings (SSSR count). The third-order valence-electron chi connectivity index (χ3n) is 4.92. The summed E-state index contributed by atoms with van der Waals surface area (Å²) in [7, 11) is 0. The smallest absolute Gasteiger partial charge is 0.338 e. The van der Waals surface area contributed by atoms with Crippen molar-refractivity contribution >= 4 is 56.8 Å². The van der Waals surface area contributed by atoms with E-state index in [0.29, 0.717) is 16.8 Å². The number of carbonyl (C=O) groups is 3. The van der Waals surface area contributed by atoms with Crippen molar-refractivity contribution in [2.24, 2.45) is 5.73 Å². The molecule has 0 aliphatic heterocycles. The minimum absolute atomic E-state index is 0.333. The van der Waals surface area contributed by atoms with Gasteiger partial charge in [-0.3, -0.25) is 9.59 Å². The van der Waals surface area contributed by atoms with Gasteiger partial charge in [0.05, 0.1) is 15.8 Å². The number of rotatable bonds is 8. The van der Waals surface area contributed by atoms with E-state index >= 15 is 0 Å². The van der Waals surface area contributed by atoms with E-state index in [1.807, 2.05) is 30.3 Å². The average molecular weight is 492 g/mol. The fourth-order valence-electron chi connectivity index (χ4n) is 3.04. The number of carbonyl (C=O) groups excluding carboxylic acids is 3. The van der Waals surface area contributed by atoms with Gasteiger partial charge in [0.15, 0.2) is 10.4 Å². The van der Waals surface area contributed by atoms with Crippen LogP contribution in [0.1, 0.15) is 33.2 Å². The summed E-state index contributed by atoms with van der Waals surface area (Å²) in [5.74, 6) is -0.898. The van der Waals surface area contributed by atoms with Gasteiger partial charge in [0.2, 0.25) is 5.91 Å². The van der Waals surface area contributed by atoms with Gasteiger partial charge < -0.3 is 15.8 Å². The summed E-state index contributed by atoms with van der Waals surface area (Å²) in [6.45, 7) is 1.49. The lowest BCUT2D eigenvalue weighted by molar-refractivity contribution is -0.123. The van der Waals surface area contributed by atoms with Crippen LogP contribution in [0.3, 0.4) is 0 Å². The molecule has 0 bridgehead atoms. The summed E-state index contributed by atoms with van der Waals surface area (Å²) in [6, 6.07) is 21.2. The van der Waals surface area contributed by atoms with E-state index in [1.165, 1.54) is 19.1 Å². The minimum atomic E-state index is -1.00. The van der Waals surface area contributed by atoms with Gasteiger partial charge >= 0.3 is 5.97 Å². The third-order valence-corrected chi connectivity index (χ3v) is 7.17. The highest BCUT2D eigenvalue weighted by Crippen LogP contribution is 2.31. The highest BCUT2D eigenvalue weighted by Gasteiger charge is 2.19. The van der Waals surface area contributed by atoms with Crippen LogP contribution >= 0.6 is 23.1 Å². The molecule has 0 aliphatic rings. The Hall–Kier alpha value is -3.69. The van der Waals surface area contributed by atoms with E-state index < -0.39 is 23.9 Å². The lowest BCUT2D eigenvalue weighted by Crippen LogP contribution is -2.30. The molecular weight excluding hydrogens is 470 g/mol. The van der Waals surface area contributed by atoms with E-state index in [2.05, 4.69) is 16.4 Å². The lowest BCUT2D eigenvalue weighted by Gasteiger charge is -2.14. The van der Waals surface area contributed by atoms with Gasteiger partial charge in [0.25, 0.3) is 5.91 Å². The maximum absolute atomic E-state index is 12.5. The van der Waals surface area contributed by atoms with Crippen LogP contribution in [0.5, 0.6) is 0 Å². The summed E-state index contributed by atoms with van der Waals surface area (Å²) < 4.78 is 7.45. The first kappa shape index (κ1) is 23.5. The molecule has 7 nitrogen and oxygen atoms in total. The number of fused-ring (bicyclic) bond motifs is 1. The summed E-state index contributed by atoms with van der Waals surface area (Å²) in [4.78, 5) is 40.5. The summed E-state index contributed by atoms with van der Waals surface area (Å²) in [5, 5.41) is 2.64. The number of esters is 1. The fourth-order valence-corrected chi connectivity index (χ4v) is 5.06. The molecule has 0 radical (unpaired) electrons. The van der Waals surface area contributed by atoms with E-state index in [9.17, 15) is 14.4 Å². The molecule has 0 saturated carbocycles. The van der Waals surface area contributed by atoms with Crippen LogP contribution in [-0.2, 0) is 15.3 Å². The maximum atomic E-state index is 12.5. The second-order valence-corrected chi connectivity index (χ2v) is 9.66. The number of nitrogens with two attached hydrogens (primary N) is 1. The number of nitrogens with zero attached hydrogens (tertiary/aromatic N) is 1. The van der Waals surface area contributed by atoms with Gasteiger partial charge in [-0.05, 0) is 61.0 Å². The number of anilines is 1. The number of primary amides is 1. The number of hydrogen-bond acceptors (Lipinski definition) is 7. The molecular formula is C25H21N3O4S2. The molecule has 4 aromatic rings. The topological polar surface area (TPSA) is 111 Å². The van der Waals surface area contributed by atoms with Crippen LogP contribution in [0.4, 0.5) is 5.69 Å². The number of nitrogens with one attached hydrogen (secondary N) is 1. The largest absolute Gasteiger partial charge is 0.449 e. The monoisotopic (exact) mass is 491 g/mol. The molecule has 172 valence electrons. The molecule has 1 heterocycles. The standard InChI is InChI=1S/C25H21N3O4S2/c1-15(23(30)27-19-12-10-17(11-13-19)22(26)29)32-24(31)18-8-6-16(7-9-18)14-33-25-28-20-4-2-3-5-21(20)34-25/h2-13,15H,14H2,1H3,(H2,26,29)(H,27,30). The van der Waals surface area contributed by atoms with Crippen LogP contribution in [0, 0.1) is 0 Å². The Kier molecular flexibility index (Phi) is 7.24. The van der Waals surface area contributed by atoms with Gasteiger partial charge in [-0.25, -0.2) is 9.78 Å². The molecule has 0 saturated heterocycles. The predicted octanol–water partition coefficient (Wildman–Crippen LogP) is 4.87. The normalized spacial score (nSPS) is 11.7. The summed E-state index contributed by atoms with van der Waals surface area (Å²) in [6.07, 6.45) is -1.00. The molecule has 2 amide bonds. The van der Waals surface area contributed by atoms with Crippen LogP contribution in [-0.4, -0.2) is 28.9 Å². The van der Waals surface area contributed by atoms with E-state index in [1.54, 1.807) is 47.4 Å². The zero-order valence-corrected chi connectivity index (χ0v) is 19.8. The first-order valence-electron chi connectivity index (χ1n) is 10.4. The molecule has 1 unspecified atom stereocenters. The van der Waals surface area contributed by atoms with Gasteiger partial charge in [-0.15, -0.1) is 11.3 Å². The Morgan fingerprint density at radius 1 is 1.00 bits per heavy atom. The van der Waals surface area contributed by atoms with Crippen molar-refractivity contribution in [1.82, 2.24) is 4.98 Å². The van der Waals surface area contributed by atoms with Crippen LogP contribution in [0.15, 0.2) is 77.1 Å². The van der Waals surface area contributed by atoms with Crippen molar-refractivity contribution in [3.63, 3.8) is 0 Å². The number of thioether (sulfide) groups is 1. The summed E-state index contributed by atoms with van der Waals surface area (Å²) in [5.41, 5.74) is 8.40. The Bertz CT molecular complexity index is 1300. The fraction of sp³-hybridized carbons (Fsp3) is 0.120. The number of benzene rings is 3. The number of aromatic nitrogens is 1. The van der Waals surface area contributed by atoms with Crippen molar-refractivity contribution in [2.45, 2.75) is 23.1 Å². The number of thiazole rings is 1. The first-order chi connectivity index (χ1) is 16.4.